The second-order valence-corrected chi connectivity index (χ2v) is 12.3. The third-order valence-corrected chi connectivity index (χ3v) is 8.83. The fourth-order valence-corrected chi connectivity index (χ4v) is 6.17. The van der Waals surface area contributed by atoms with Crippen LogP contribution < -0.4 is 10.6 Å². The first-order valence-corrected chi connectivity index (χ1v) is 14.4. The van der Waals surface area contributed by atoms with Crippen molar-refractivity contribution in [2.75, 3.05) is 38.8 Å². The first-order valence-electron chi connectivity index (χ1n) is 13.4. The SMILES string of the molecule is Cc1c(O)cccc1C(=O)N[C@@H](Cc1ccccc1)[C@H](O)C(=O)N1CSC(C)(C)[C@H]1C(=O)NCN1CCOCC1. The molecule has 0 radical (unpaired) electrons. The fourth-order valence-electron chi connectivity index (χ4n) is 5.03. The number of nitrogens with one attached hydrogen (secondary N) is 2. The first kappa shape index (κ1) is 29.9. The Morgan fingerprint density at radius 3 is 2.50 bits per heavy atom. The topological polar surface area (TPSA) is 131 Å². The number of rotatable bonds is 9. The molecule has 3 atom stereocenters. The van der Waals surface area contributed by atoms with Crippen molar-refractivity contribution in [3.05, 3.63) is 65.2 Å². The highest BCUT2D eigenvalue weighted by Gasteiger charge is 2.49. The lowest BCUT2D eigenvalue weighted by molar-refractivity contribution is -0.147. The highest BCUT2D eigenvalue weighted by atomic mass is 32.2. The fraction of sp³-hybridized carbons (Fsp3) is 0.483. The number of thioether (sulfide) groups is 1. The molecular formula is C29H38N4O6S. The van der Waals surface area contributed by atoms with Crippen LogP contribution in [-0.2, 0) is 20.7 Å². The highest BCUT2D eigenvalue weighted by Crippen LogP contribution is 2.40. The summed E-state index contributed by atoms with van der Waals surface area (Å²) in [6.45, 7) is 8.42. The summed E-state index contributed by atoms with van der Waals surface area (Å²) in [5, 5.41) is 27.3. The van der Waals surface area contributed by atoms with Crippen LogP contribution in [0.5, 0.6) is 5.75 Å². The molecular weight excluding hydrogens is 532 g/mol. The molecule has 2 fully saturated rings. The molecule has 11 heteroatoms. The molecule has 4 rings (SSSR count). The number of hydrogen-bond acceptors (Lipinski definition) is 8. The molecule has 0 aliphatic carbocycles. The molecule has 2 aromatic rings. The van der Waals surface area contributed by atoms with Gasteiger partial charge in [0.1, 0.15) is 11.8 Å². The normalized spacial score (nSPS) is 20.5. The summed E-state index contributed by atoms with van der Waals surface area (Å²) in [7, 11) is 0. The number of morpholine rings is 1. The van der Waals surface area contributed by atoms with Crippen molar-refractivity contribution in [3.8, 4) is 5.75 Å². The van der Waals surface area contributed by atoms with E-state index in [9.17, 15) is 24.6 Å². The van der Waals surface area contributed by atoms with Gasteiger partial charge < -0.3 is 30.5 Å². The van der Waals surface area contributed by atoms with Gasteiger partial charge in [0.25, 0.3) is 11.8 Å². The van der Waals surface area contributed by atoms with Crippen molar-refractivity contribution >= 4 is 29.5 Å². The van der Waals surface area contributed by atoms with Gasteiger partial charge in [-0.1, -0.05) is 36.4 Å². The van der Waals surface area contributed by atoms with Crippen molar-refractivity contribution in [3.63, 3.8) is 0 Å². The molecule has 0 aromatic heterocycles. The molecule has 0 spiro atoms. The Morgan fingerprint density at radius 2 is 1.80 bits per heavy atom. The monoisotopic (exact) mass is 570 g/mol. The quantitative estimate of drug-likeness (QED) is 0.357. The number of benzene rings is 2. The van der Waals surface area contributed by atoms with E-state index in [0.717, 1.165) is 5.56 Å². The lowest BCUT2D eigenvalue weighted by Crippen LogP contribution is -2.59. The molecule has 10 nitrogen and oxygen atoms in total. The van der Waals surface area contributed by atoms with Gasteiger partial charge in [-0.2, -0.15) is 0 Å². The van der Waals surface area contributed by atoms with Gasteiger partial charge in [0.15, 0.2) is 6.10 Å². The van der Waals surface area contributed by atoms with Gasteiger partial charge in [0, 0.05) is 29.0 Å². The predicted molar refractivity (Wildman–Crippen MR) is 153 cm³/mol. The molecule has 40 heavy (non-hydrogen) atoms. The van der Waals surface area contributed by atoms with E-state index in [4.69, 9.17) is 4.74 Å². The molecule has 4 N–H and O–H groups in total. The lowest BCUT2D eigenvalue weighted by Gasteiger charge is -2.34. The molecule has 0 bridgehead atoms. The maximum absolute atomic E-state index is 13.8. The van der Waals surface area contributed by atoms with Crippen molar-refractivity contribution in [2.45, 2.75) is 50.1 Å². The standard InChI is InChI=1S/C29H38N4O6S/c1-19-21(10-7-11-23(19)34)26(36)31-22(16-20-8-5-4-6-9-20)24(35)28(38)33-18-40-29(2,3)25(33)27(37)30-17-32-12-14-39-15-13-32/h4-11,22,24-25,34-35H,12-18H2,1-3H3,(H,30,37)(H,31,36)/t22-,24-,25+/m0/s1. The average molecular weight is 571 g/mol. The van der Waals surface area contributed by atoms with E-state index in [-0.39, 0.29) is 29.5 Å². The van der Waals surface area contributed by atoms with Crippen LogP contribution in [0.4, 0.5) is 0 Å². The summed E-state index contributed by atoms with van der Waals surface area (Å²) in [6.07, 6.45) is -1.42. The van der Waals surface area contributed by atoms with Gasteiger partial charge in [-0.25, -0.2) is 0 Å². The van der Waals surface area contributed by atoms with Crippen LogP contribution in [0.3, 0.4) is 0 Å². The number of hydrogen-bond donors (Lipinski definition) is 4. The summed E-state index contributed by atoms with van der Waals surface area (Å²) < 4.78 is 4.78. The van der Waals surface area contributed by atoms with Crippen molar-refractivity contribution in [1.82, 2.24) is 20.4 Å². The van der Waals surface area contributed by atoms with Crippen molar-refractivity contribution < 1.29 is 29.3 Å². The Morgan fingerprint density at radius 1 is 1.10 bits per heavy atom. The zero-order chi connectivity index (χ0) is 28.9. The Hall–Kier alpha value is -3.12. The lowest BCUT2D eigenvalue weighted by atomic mass is 9.96. The van der Waals surface area contributed by atoms with Crippen LogP contribution in [0.2, 0.25) is 0 Å². The van der Waals surface area contributed by atoms with E-state index in [1.54, 1.807) is 19.1 Å². The second kappa shape index (κ2) is 13.0. The summed E-state index contributed by atoms with van der Waals surface area (Å²) in [5.41, 5.74) is 1.47. The smallest absolute Gasteiger partial charge is 0.254 e. The van der Waals surface area contributed by atoms with Gasteiger partial charge in [0.05, 0.1) is 31.8 Å². The van der Waals surface area contributed by atoms with E-state index in [1.165, 1.54) is 22.7 Å². The van der Waals surface area contributed by atoms with Gasteiger partial charge in [0.2, 0.25) is 5.91 Å². The number of phenols is 1. The number of carbonyl (C=O) groups is 3. The highest BCUT2D eigenvalue weighted by molar-refractivity contribution is 8.00. The molecule has 2 saturated heterocycles. The maximum Gasteiger partial charge on any atom is 0.254 e. The van der Waals surface area contributed by atoms with Gasteiger partial charge in [-0.3, -0.25) is 19.3 Å². The Labute approximate surface area is 239 Å². The minimum Gasteiger partial charge on any atom is -0.508 e. The number of aliphatic hydroxyl groups is 1. The third-order valence-electron chi connectivity index (χ3n) is 7.46. The Bertz CT molecular complexity index is 1200. The number of ether oxygens (including phenoxy) is 1. The molecule has 216 valence electrons. The van der Waals surface area contributed by atoms with Crippen LogP contribution in [0.1, 0.15) is 35.3 Å². The molecule has 2 aliphatic heterocycles. The van der Waals surface area contributed by atoms with E-state index in [2.05, 4.69) is 15.5 Å². The molecule has 2 heterocycles. The van der Waals surface area contributed by atoms with E-state index in [1.807, 2.05) is 44.2 Å². The van der Waals surface area contributed by atoms with Crippen LogP contribution in [-0.4, -0.2) is 99.5 Å². The third kappa shape index (κ3) is 6.95. The van der Waals surface area contributed by atoms with Crippen LogP contribution in [0.15, 0.2) is 48.5 Å². The number of phenolic OH excluding ortho intramolecular Hbond substituents is 1. The first-order chi connectivity index (χ1) is 19.1. The summed E-state index contributed by atoms with van der Waals surface area (Å²) in [5.74, 6) is -1.22. The largest absolute Gasteiger partial charge is 0.508 e. The van der Waals surface area contributed by atoms with Crippen LogP contribution in [0.25, 0.3) is 0 Å². The summed E-state index contributed by atoms with van der Waals surface area (Å²) >= 11 is 1.47. The minimum absolute atomic E-state index is 0.0221. The number of carbonyl (C=O) groups excluding carboxylic acids is 3. The summed E-state index contributed by atoms with van der Waals surface area (Å²) in [6, 6.07) is 12.1. The Kier molecular flexibility index (Phi) is 9.72. The van der Waals surface area contributed by atoms with Crippen molar-refractivity contribution in [1.29, 1.82) is 0 Å². The Balaban J connectivity index is 1.53. The number of aromatic hydroxyl groups is 1. The minimum atomic E-state index is -1.61. The van der Waals surface area contributed by atoms with Gasteiger partial charge in [-0.15, -0.1) is 11.8 Å². The summed E-state index contributed by atoms with van der Waals surface area (Å²) in [4.78, 5) is 43.9. The van der Waals surface area contributed by atoms with E-state index in [0.29, 0.717) is 38.5 Å². The van der Waals surface area contributed by atoms with Crippen LogP contribution in [0, 0.1) is 6.92 Å². The zero-order valence-electron chi connectivity index (χ0n) is 23.1. The number of aliphatic hydroxyl groups excluding tert-OH is 1. The molecule has 2 aliphatic rings. The van der Waals surface area contributed by atoms with Gasteiger partial charge >= 0.3 is 0 Å². The molecule has 0 saturated carbocycles. The molecule has 3 amide bonds. The zero-order valence-corrected chi connectivity index (χ0v) is 23.9. The van der Waals surface area contributed by atoms with E-state index < -0.39 is 34.7 Å². The molecule has 0 unspecified atom stereocenters. The maximum atomic E-state index is 13.8. The number of amides is 3. The van der Waals surface area contributed by atoms with E-state index >= 15 is 0 Å². The van der Waals surface area contributed by atoms with Crippen molar-refractivity contribution in [2.24, 2.45) is 0 Å². The molecule has 2 aromatic carbocycles. The van der Waals surface area contributed by atoms with Gasteiger partial charge in [-0.05, 0) is 44.9 Å². The number of nitrogens with zero attached hydrogens (tertiary/aromatic N) is 2. The average Bonchev–Trinajstić information content (AvgIpc) is 3.27. The van der Waals surface area contributed by atoms with Crippen LogP contribution >= 0.6 is 11.8 Å². The predicted octanol–water partition coefficient (Wildman–Crippen LogP) is 1.49. The second-order valence-electron chi connectivity index (χ2n) is 10.7.